The van der Waals surface area contributed by atoms with Crippen LogP contribution in [0.1, 0.15) is 181 Å². The molecule has 0 aliphatic carbocycles. The van der Waals surface area contributed by atoms with Crippen molar-refractivity contribution in [2.75, 3.05) is 39.5 Å². The van der Waals surface area contributed by atoms with E-state index < -0.39 is 277 Å². The first-order valence-corrected chi connectivity index (χ1v) is 44.5. The lowest BCUT2D eigenvalue weighted by molar-refractivity contribution is -0.138. The number of rotatable bonds is 48. The number of carbonyl (C=O) groups is 20. The molecular weight excluding hydrogens is 1700 g/mol. The average molecular weight is 1830 g/mol. The lowest BCUT2D eigenvalue weighted by Crippen LogP contribution is -2.62. The normalized spacial score (nSPS) is 19.0. The Bertz CT molecular complexity index is 4220. The molecule has 0 aromatic heterocycles. The number of likely N-dealkylation sites (tertiary alicyclic amines) is 1. The first kappa shape index (κ1) is 111. The van der Waals surface area contributed by atoms with Crippen LogP contribution in [-0.2, 0) is 102 Å². The molecule has 129 heavy (non-hydrogen) atoms. The van der Waals surface area contributed by atoms with Crippen LogP contribution in [0.2, 0.25) is 0 Å². The minimum absolute atomic E-state index is 0.0322. The maximum Gasteiger partial charge on any atom is 0.270 e. The monoisotopic (exact) mass is 1830 g/mol. The van der Waals surface area contributed by atoms with Gasteiger partial charge in [0.05, 0.1) is 19.2 Å². The number of thioether (sulfide) groups is 1. The van der Waals surface area contributed by atoms with E-state index in [1.54, 1.807) is 132 Å². The van der Waals surface area contributed by atoms with Crippen LogP contribution in [0, 0.1) is 35.5 Å². The van der Waals surface area contributed by atoms with Crippen molar-refractivity contribution in [3.8, 4) is 0 Å². The van der Waals surface area contributed by atoms with Crippen molar-refractivity contribution in [1.82, 2.24) is 100 Å². The van der Waals surface area contributed by atoms with Crippen LogP contribution in [0.5, 0.6) is 0 Å². The Hall–Kier alpha value is -11.9. The Morgan fingerprint density at radius 2 is 1.05 bits per heavy atom. The van der Waals surface area contributed by atoms with Gasteiger partial charge in [-0.3, -0.25) is 101 Å². The molecule has 3 rings (SSSR count). The molecule has 2 aliphatic rings. The number of aliphatic hydroxyl groups is 1. The lowest BCUT2D eigenvalue weighted by atomic mass is 9.95. The molecule has 22 N–H and O–H groups in total. The maximum atomic E-state index is 14.7. The molecule has 0 spiro atoms. The topological polar surface area (TPSA) is 625 Å². The van der Waals surface area contributed by atoms with Gasteiger partial charge in [-0.2, -0.15) is 0 Å². The van der Waals surface area contributed by atoms with Crippen molar-refractivity contribution in [2.24, 2.45) is 47.0 Å². The third-order valence-electron chi connectivity index (χ3n) is 21.8. The van der Waals surface area contributed by atoms with E-state index in [2.05, 4.69) is 90.4 Å². The van der Waals surface area contributed by atoms with Gasteiger partial charge in [0.15, 0.2) is 0 Å². The molecule has 1 saturated heterocycles. The Kier molecular flexibility index (Phi) is 47.5. The van der Waals surface area contributed by atoms with Crippen LogP contribution < -0.4 is 102 Å². The fraction of sp³-hybridized carbons (Fsp3) is 0.628. The molecule has 2 aliphatic heterocycles. The summed E-state index contributed by atoms with van der Waals surface area (Å²) in [6.07, 6.45) is 3.22. The highest BCUT2D eigenvalue weighted by Gasteiger charge is 2.42. The number of carbonyl (C=O) groups excluding carboxylic acids is 20. The molecule has 1 aromatic rings. The van der Waals surface area contributed by atoms with Crippen LogP contribution in [0.3, 0.4) is 0 Å². The second-order valence-corrected chi connectivity index (χ2v) is 34.8. The second kappa shape index (κ2) is 55.1. The summed E-state index contributed by atoms with van der Waals surface area (Å²) in [5.74, 6) is -20.2. The third kappa shape index (κ3) is 36.6. The second-order valence-electron chi connectivity index (χ2n) is 33.8. The van der Waals surface area contributed by atoms with Gasteiger partial charge in [0.25, 0.3) is 11.8 Å². The Morgan fingerprint density at radius 1 is 0.550 bits per heavy atom. The van der Waals surface area contributed by atoms with Crippen LogP contribution in [0.4, 0.5) is 0 Å². The van der Waals surface area contributed by atoms with E-state index in [1.807, 2.05) is 13.8 Å². The van der Waals surface area contributed by atoms with Gasteiger partial charge in [-0.1, -0.05) is 138 Å². The van der Waals surface area contributed by atoms with E-state index >= 15 is 0 Å². The molecule has 20 amide bonds. The predicted molar refractivity (Wildman–Crippen MR) is 478 cm³/mol. The summed E-state index contributed by atoms with van der Waals surface area (Å²) >= 11 is 1.06. The van der Waals surface area contributed by atoms with Gasteiger partial charge in [0.2, 0.25) is 106 Å². The number of hydrogen-bond donors (Lipinski definition) is 20. The summed E-state index contributed by atoms with van der Waals surface area (Å²) in [5, 5.41) is 55.3. The zero-order valence-corrected chi connectivity index (χ0v) is 78.1. The molecule has 15 unspecified atom stereocenters. The summed E-state index contributed by atoms with van der Waals surface area (Å²) in [6.45, 7) is 25.5. The molecule has 718 valence electrons. The molecule has 42 nitrogen and oxygen atoms in total. The van der Waals surface area contributed by atoms with Crippen molar-refractivity contribution in [1.29, 1.82) is 0 Å². The van der Waals surface area contributed by atoms with Gasteiger partial charge >= 0.3 is 0 Å². The van der Waals surface area contributed by atoms with Crippen LogP contribution >= 0.6 is 11.8 Å². The van der Waals surface area contributed by atoms with Crippen molar-refractivity contribution in [3.05, 3.63) is 71.0 Å². The molecule has 43 heteroatoms. The number of nitrogens with zero attached hydrogens (tertiary/aromatic N) is 2. The number of primary amides is 2. The zero-order valence-electron chi connectivity index (χ0n) is 77.3. The van der Waals surface area contributed by atoms with Crippen LogP contribution in [0.25, 0.3) is 0 Å². The van der Waals surface area contributed by atoms with E-state index in [1.165, 1.54) is 43.4 Å². The molecule has 1 aromatic carbocycles. The maximum absolute atomic E-state index is 14.7. The van der Waals surface area contributed by atoms with Gasteiger partial charge < -0.3 is 112 Å². The van der Waals surface area contributed by atoms with Gasteiger partial charge in [-0.15, -0.1) is 11.8 Å². The number of nitrogens with one attached hydrogen (secondary N) is 17. The molecule has 0 saturated carbocycles. The summed E-state index contributed by atoms with van der Waals surface area (Å²) < 4.78 is 0. The zero-order chi connectivity index (χ0) is 97.5. The molecule has 0 bridgehead atoms. The first-order chi connectivity index (χ1) is 60.6. The predicted octanol–water partition coefficient (Wildman–Crippen LogP) is -3.37. The van der Waals surface area contributed by atoms with E-state index in [9.17, 15) is 101 Å². The Labute approximate surface area is 757 Å². The summed E-state index contributed by atoms with van der Waals surface area (Å²) in [5.41, 5.74) is 11.0. The van der Waals surface area contributed by atoms with Gasteiger partial charge in [-0.25, -0.2) is 0 Å². The molecule has 2 heterocycles. The standard InChI is InChI=1S/C86H137N21O21S/c1-20-47(13)68(85(127)100-60-42-129-37-35-89-81(123)65(44(7)8)102-76(118)57(38-43(5)6)98-79(60)121)104-74(116)53(22-3)94-78(120)59(41-108)93-64(111)40-90-73(115)55(31-33-62(87)109)97-84(126)69(48(14)21-2)105-83(125)67(46(11)12)103-77(119)58(39-52-28-25-24-26-29-52)99-75(117)56(32-34-63(88)110)96-70(112)49(15)92-82(124)66(45(9)10)101-71(113)50(16)91-80(122)61-30-27-36-107(61)86(128)54(23-4)95-72(114)51(17)106(18)19/h22-26,28-29,35,37,43-51,55-61,65-69,108H,20-21,27,30-34,36,38-42H2,1-19H3,(H2,87,109)(H2,88,110)(H,89,123)(H,90,115)(H,91,122)(H,92,124)(H,93,111)(H,94,120)(H,95,114)(H,96,112)(H,97,126)(H,98,121)(H,99,117)(H,100,127)(H,101,113)(H,102,118)(H,103,119)(H,104,116)(H,105,125)/b37-35-,53-22+,54-23-/t47-,48-,49?,50?,51?,55?,56?,57?,58?,59?,60?,61?,65?,66?,67?,68?,69?/m1/s1. The number of nitrogens with two attached hydrogens (primary N) is 2. The summed E-state index contributed by atoms with van der Waals surface area (Å²) in [6, 6.07) is -11.6. The van der Waals surface area contributed by atoms with Crippen LogP contribution in [-0.4, -0.2) is 263 Å². The van der Waals surface area contributed by atoms with Gasteiger partial charge in [0, 0.05) is 37.8 Å². The number of amides is 20. The number of benzene rings is 1. The van der Waals surface area contributed by atoms with E-state index in [-0.39, 0.29) is 55.5 Å². The van der Waals surface area contributed by atoms with E-state index in [0.717, 1.165) is 17.8 Å². The highest BCUT2D eigenvalue weighted by molar-refractivity contribution is 8.02. The smallest absolute Gasteiger partial charge is 0.270 e. The summed E-state index contributed by atoms with van der Waals surface area (Å²) in [7, 11) is 3.40. The highest BCUT2D eigenvalue weighted by Crippen LogP contribution is 2.22. The Morgan fingerprint density at radius 3 is 1.59 bits per heavy atom. The fourth-order valence-corrected chi connectivity index (χ4v) is 13.9. The number of hydrogen-bond acceptors (Lipinski definition) is 23. The Balaban J connectivity index is 1.79. The number of aliphatic hydroxyl groups excluding tert-OH is 1. The van der Waals surface area contributed by atoms with Gasteiger partial charge in [0.1, 0.15) is 96.0 Å². The average Bonchev–Trinajstić information content (AvgIpc) is 1.73. The molecule has 1 fully saturated rings. The minimum Gasteiger partial charge on any atom is -0.394 e. The quantitative estimate of drug-likeness (QED) is 0.0283. The fourth-order valence-electron chi connectivity index (χ4n) is 13.2. The molecule has 17 atom stereocenters. The molecule has 0 radical (unpaired) electrons. The van der Waals surface area contributed by atoms with Gasteiger partial charge in [-0.05, 0) is 127 Å². The van der Waals surface area contributed by atoms with Crippen molar-refractivity contribution >= 4 is 130 Å². The van der Waals surface area contributed by atoms with Crippen molar-refractivity contribution < 1.29 is 101 Å². The van der Waals surface area contributed by atoms with Crippen molar-refractivity contribution in [2.45, 2.75) is 273 Å². The first-order valence-electron chi connectivity index (χ1n) is 43.5. The minimum atomic E-state index is -1.80. The van der Waals surface area contributed by atoms with E-state index in [4.69, 9.17) is 11.5 Å². The SMILES string of the molecule is C/C=C(\NC(=O)C(C)N(C)C)C(=O)N1CCCC1C(=O)NC(C)C(=O)NC(C(=O)NC(C)C(=O)NC(CCC(N)=O)C(=O)NC(Cc1ccccc1)C(=O)NC(C(=O)NC(C(=O)NC(CCC(N)=O)C(=O)NCC(=O)NC(CO)C(=O)N/C(=C/C)C(=O)NC(C(=O)NC1CS/C=C\NC(=O)C(C(C)C)NC(=O)C(CC(C)C)NC1=O)[C@H](C)CC)[C@H](C)CC)C(C)C)C(C)C. The van der Waals surface area contributed by atoms with E-state index in [0.29, 0.717) is 18.4 Å². The molecular formula is C86H137N21O21S. The van der Waals surface area contributed by atoms with Crippen LogP contribution in [0.15, 0.2) is 65.5 Å². The largest absolute Gasteiger partial charge is 0.394 e. The summed E-state index contributed by atoms with van der Waals surface area (Å²) in [4.78, 5) is 278. The third-order valence-corrected chi connectivity index (χ3v) is 22.6. The lowest BCUT2D eigenvalue weighted by Gasteiger charge is -2.30. The van der Waals surface area contributed by atoms with Crippen molar-refractivity contribution in [3.63, 3.8) is 0 Å². The number of allylic oxidation sites excluding steroid dienone is 2. The number of likely N-dealkylation sites (N-methyl/N-ethyl adjacent to an activating group) is 1. The highest BCUT2D eigenvalue weighted by atomic mass is 32.2.